The van der Waals surface area contributed by atoms with Gasteiger partial charge in [0, 0.05) is 31.1 Å². The zero-order valence-corrected chi connectivity index (χ0v) is 18.5. The predicted molar refractivity (Wildman–Crippen MR) is 123 cm³/mol. The Morgan fingerprint density at radius 2 is 1.91 bits per heavy atom. The van der Waals surface area contributed by atoms with Gasteiger partial charge in [-0.05, 0) is 48.6 Å². The number of likely N-dealkylation sites (N-methyl/N-ethyl adjacent to an activating group) is 1. The summed E-state index contributed by atoms with van der Waals surface area (Å²) in [4.78, 5) is 25.6. The van der Waals surface area contributed by atoms with Crippen molar-refractivity contribution in [1.29, 1.82) is 0 Å². The van der Waals surface area contributed by atoms with Crippen LogP contribution in [0.4, 0.5) is 0 Å². The van der Waals surface area contributed by atoms with Crippen LogP contribution in [0.2, 0.25) is 0 Å². The van der Waals surface area contributed by atoms with Crippen molar-refractivity contribution in [3.05, 3.63) is 48.0 Å². The molecule has 2 aromatic carbocycles. The van der Waals surface area contributed by atoms with Crippen molar-refractivity contribution in [2.75, 3.05) is 14.1 Å². The van der Waals surface area contributed by atoms with Crippen LogP contribution in [0.1, 0.15) is 43.6 Å². The van der Waals surface area contributed by atoms with Gasteiger partial charge in [0.15, 0.2) is 6.10 Å². The van der Waals surface area contributed by atoms with E-state index in [1.165, 1.54) is 24.8 Å². The molecule has 0 radical (unpaired) electrons. The van der Waals surface area contributed by atoms with E-state index in [-0.39, 0.29) is 5.91 Å². The topological polar surface area (TPSA) is 60.8 Å². The van der Waals surface area contributed by atoms with Crippen LogP contribution in [-0.4, -0.2) is 42.0 Å². The van der Waals surface area contributed by atoms with Crippen molar-refractivity contribution in [2.24, 2.45) is 0 Å². The lowest BCUT2D eigenvalue weighted by Gasteiger charge is -2.23. The van der Waals surface area contributed by atoms with Gasteiger partial charge in [-0.25, -0.2) is 0 Å². The minimum atomic E-state index is -0.641. The molecule has 166 valence electrons. The minimum absolute atomic E-state index is 0.0750. The van der Waals surface area contributed by atoms with Gasteiger partial charge in [-0.3, -0.25) is 9.59 Å². The molecule has 3 aromatic rings. The standard InChI is InChI=1S/C26H28N2O4/c1-27(2)26(30)23-15-28-21-14-18(31-16-29)12-13-19(21)24(17-8-4-3-5-9-17)25(28)20-10-6-7-11-22(20)32-23/h6-7,10-14,16-17,23H,3-5,8-9,15H2,1-2H3. The van der Waals surface area contributed by atoms with E-state index < -0.39 is 6.10 Å². The van der Waals surface area contributed by atoms with Crippen LogP contribution >= 0.6 is 0 Å². The molecule has 32 heavy (non-hydrogen) atoms. The fourth-order valence-electron chi connectivity index (χ4n) is 5.31. The minimum Gasteiger partial charge on any atom is -0.478 e. The van der Waals surface area contributed by atoms with Gasteiger partial charge in [-0.1, -0.05) is 31.4 Å². The number of fused-ring (bicyclic) bond motifs is 5. The van der Waals surface area contributed by atoms with Crippen LogP contribution in [-0.2, 0) is 16.1 Å². The molecule has 1 aromatic heterocycles. The lowest BCUT2D eigenvalue weighted by atomic mass is 9.82. The SMILES string of the molecule is CN(C)C(=O)C1Cn2c(c(C3CCCCC3)c3ccc(OC=O)cc32)-c2ccccc2O1. The number of hydrogen-bond acceptors (Lipinski definition) is 4. The van der Waals surface area contributed by atoms with Crippen LogP contribution < -0.4 is 9.47 Å². The Morgan fingerprint density at radius 1 is 1.12 bits per heavy atom. The van der Waals surface area contributed by atoms with Crippen molar-refractivity contribution >= 4 is 23.3 Å². The summed E-state index contributed by atoms with van der Waals surface area (Å²) in [6.45, 7) is 0.848. The molecule has 1 aliphatic carbocycles. The third kappa shape index (κ3) is 3.44. The number of amides is 1. The molecule has 1 unspecified atom stereocenters. The zero-order chi connectivity index (χ0) is 22.2. The largest absolute Gasteiger partial charge is 0.478 e. The number of nitrogens with zero attached hydrogens (tertiary/aromatic N) is 2. The van der Waals surface area contributed by atoms with Crippen LogP contribution in [0, 0.1) is 0 Å². The highest BCUT2D eigenvalue weighted by Gasteiger charge is 2.34. The summed E-state index contributed by atoms with van der Waals surface area (Å²) >= 11 is 0. The molecule has 1 saturated carbocycles. The van der Waals surface area contributed by atoms with Crippen LogP contribution in [0.25, 0.3) is 22.2 Å². The van der Waals surface area contributed by atoms with Gasteiger partial charge in [0.05, 0.1) is 17.8 Å². The smallest absolute Gasteiger partial charge is 0.298 e. The molecular weight excluding hydrogens is 404 g/mol. The third-order valence-corrected chi connectivity index (χ3v) is 6.75. The summed E-state index contributed by atoms with van der Waals surface area (Å²) in [5.41, 5.74) is 4.43. The summed E-state index contributed by atoms with van der Waals surface area (Å²) in [5.74, 6) is 1.61. The Kier molecular flexibility index (Phi) is 5.37. The highest BCUT2D eigenvalue weighted by atomic mass is 16.5. The van der Waals surface area contributed by atoms with Gasteiger partial charge in [0.2, 0.25) is 0 Å². The average Bonchev–Trinajstić information content (AvgIpc) is 3.01. The second-order valence-electron chi connectivity index (χ2n) is 8.94. The van der Waals surface area contributed by atoms with E-state index in [0.717, 1.165) is 40.8 Å². The van der Waals surface area contributed by atoms with Crippen molar-refractivity contribution in [2.45, 2.75) is 50.7 Å². The number of rotatable bonds is 4. The maximum Gasteiger partial charge on any atom is 0.298 e. The van der Waals surface area contributed by atoms with E-state index >= 15 is 0 Å². The molecule has 5 rings (SSSR count). The van der Waals surface area contributed by atoms with Crippen molar-refractivity contribution in [1.82, 2.24) is 9.47 Å². The van der Waals surface area contributed by atoms with E-state index in [1.807, 2.05) is 30.3 Å². The Labute approximate surface area is 187 Å². The number of hydrogen-bond donors (Lipinski definition) is 0. The Balaban J connectivity index is 1.80. The van der Waals surface area contributed by atoms with Gasteiger partial charge in [0.1, 0.15) is 11.5 Å². The van der Waals surface area contributed by atoms with E-state index in [2.05, 4.69) is 16.7 Å². The highest BCUT2D eigenvalue weighted by Crippen LogP contribution is 2.48. The second-order valence-corrected chi connectivity index (χ2v) is 8.94. The molecule has 6 nitrogen and oxygen atoms in total. The molecule has 0 spiro atoms. The van der Waals surface area contributed by atoms with Gasteiger partial charge >= 0.3 is 0 Å². The number of carbonyl (C=O) groups is 2. The first-order valence-electron chi connectivity index (χ1n) is 11.3. The molecular formula is C26H28N2O4. The number of benzene rings is 2. The first-order chi connectivity index (χ1) is 15.6. The second kappa shape index (κ2) is 8.34. The molecule has 1 atom stereocenters. The molecule has 6 heteroatoms. The fraction of sp³-hybridized carbons (Fsp3) is 0.385. The summed E-state index contributed by atoms with van der Waals surface area (Å²) in [5, 5.41) is 1.16. The molecule has 0 bridgehead atoms. The summed E-state index contributed by atoms with van der Waals surface area (Å²) < 4.78 is 13.7. The van der Waals surface area contributed by atoms with E-state index in [1.54, 1.807) is 19.0 Å². The molecule has 1 fully saturated rings. The molecule has 1 amide bonds. The summed E-state index contributed by atoms with van der Waals surface area (Å²) in [6, 6.07) is 13.8. The molecule has 2 aliphatic rings. The predicted octanol–water partition coefficient (Wildman–Crippen LogP) is 4.74. The lowest BCUT2D eigenvalue weighted by Crippen LogP contribution is -2.39. The van der Waals surface area contributed by atoms with E-state index in [9.17, 15) is 9.59 Å². The van der Waals surface area contributed by atoms with Gasteiger partial charge < -0.3 is 18.9 Å². The van der Waals surface area contributed by atoms with Crippen LogP contribution in [0.3, 0.4) is 0 Å². The maximum absolute atomic E-state index is 13.0. The molecule has 0 saturated heterocycles. The third-order valence-electron chi connectivity index (χ3n) is 6.75. The molecule has 1 aliphatic heterocycles. The van der Waals surface area contributed by atoms with Gasteiger partial charge in [0.25, 0.3) is 12.4 Å². The number of carbonyl (C=O) groups excluding carboxylic acids is 2. The zero-order valence-electron chi connectivity index (χ0n) is 18.5. The summed E-state index contributed by atoms with van der Waals surface area (Å²) in [6.07, 6.45) is 5.40. The van der Waals surface area contributed by atoms with Gasteiger partial charge in [-0.15, -0.1) is 0 Å². The maximum atomic E-state index is 13.0. The van der Waals surface area contributed by atoms with Crippen LogP contribution in [0.15, 0.2) is 42.5 Å². The van der Waals surface area contributed by atoms with Crippen molar-refractivity contribution < 1.29 is 19.1 Å². The Hall–Kier alpha value is -3.28. The first-order valence-corrected chi connectivity index (χ1v) is 11.3. The average molecular weight is 433 g/mol. The lowest BCUT2D eigenvalue weighted by molar-refractivity contribution is -0.136. The van der Waals surface area contributed by atoms with E-state index in [0.29, 0.717) is 24.7 Å². The van der Waals surface area contributed by atoms with Gasteiger partial charge in [-0.2, -0.15) is 0 Å². The normalized spacial score (nSPS) is 18.2. The Morgan fingerprint density at radius 3 is 2.66 bits per heavy atom. The fourth-order valence-corrected chi connectivity index (χ4v) is 5.31. The number of ether oxygens (including phenoxy) is 2. The van der Waals surface area contributed by atoms with Crippen LogP contribution in [0.5, 0.6) is 11.5 Å². The van der Waals surface area contributed by atoms with Crippen molar-refractivity contribution in [3.63, 3.8) is 0 Å². The van der Waals surface area contributed by atoms with E-state index in [4.69, 9.17) is 9.47 Å². The molecule has 0 N–H and O–H groups in total. The first kappa shape index (κ1) is 20.6. The van der Waals surface area contributed by atoms with Crippen molar-refractivity contribution in [3.8, 4) is 22.8 Å². The highest BCUT2D eigenvalue weighted by molar-refractivity contribution is 5.95. The number of para-hydroxylation sites is 1. The molecule has 2 heterocycles. The summed E-state index contributed by atoms with van der Waals surface area (Å²) in [7, 11) is 3.50. The quantitative estimate of drug-likeness (QED) is 0.559. The monoisotopic (exact) mass is 432 g/mol. The Bertz CT molecular complexity index is 1170. The number of aromatic nitrogens is 1.